The van der Waals surface area contributed by atoms with Gasteiger partial charge in [-0.3, -0.25) is 14.9 Å². The van der Waals surface area contributed by atoms with Crippen LogP contribution in [0.1, 0.15) is 17.2 Å². The number of hydrogen-bond acceptors (Lipinski definition) is 6. The van der Waals surface area contributed by atoms with Crippen LogP contribution in [0.25, 0.3) is 6.08 Å². The van der Waals surface area contributed by atoms with Gasteiger partial charge in [0.1, 0.15) is 0 Å². The molecule has 1 saturated heterocycles. The highest BCUT2D eigenvalue weighted by molar-refractivity contribution is 5.91. The Hall–Kier alpha value is -3.52. The van der Waals surface area contributed by atoms with Gasteiger partial charge < -0.3 is 14.4 Å². The van der Waals surface area contributed by atoms with Crippen LogP contribution in [0.15, 0.2) is 60.7 Å². The van der Waals surface area contributed by atoms with Gasteiger partial charge in [-0.1, -0.05) is 42.5 Å². The third-order valence-electron chi connectivity index (χ3n) is 4.42. The standard InChI is InChI=1S/C21H20N2O6/c24-19(11-10-16-6-4-5-9-18(16)23(26)27)29-20(17-7-2-1-3-8-17)21(25)22-12-14-28-15-13-22/h1-11,20H,12-15H2/b11-10+/t20-/m0/s1. The third-order valence-corrected chi connectivity index (χ3v) is 4.42. The molecule has 1 aliphatic rings. The minimum Gasteiger partial charge on any atom is -0.444 e. The summed E-state index contributed by atoms with van der Waals surface area (Å²) < 4.78 is 10.7. The van der Waals surface area contributed by atoms with Gasteiger partial charge in [-0.15, -0.1) is 0 Å². The fourth-order valence-electron chi connectivity index (χ4n) is 2.95. The van der Waals surface area contributed by atoms with Crippen molar-refractivity contribution in [3.63, 3.8) is 0 Å². The highest BCUT2D eigenvalue weighted by atomic mass is 16.6. The van der Waals surface area contributed by atoms with Crippen molar-refractivity contribution in [2.24, 2.45) is 0 Å². The minimum absolute atomic E-state index is 0.124. The minimum atomic E-state index is -1.10. The molecular weight excluding hydrogens is 376 g/mol. The number of ether oxygens (including phenoxy) is 2. The molecule has 1 fully saturated rings. The van der Waals surface area contributed by atoms with E-state index in [4.69, 9.17) is 9.47 Å². The van der Waals surface area contributed by atoms with Crippen LogP contribution in [0.3, 0.4) is 0 Å². The Morgan fingerprint density at radius 3 is 2.41 bits per heavy atom. The molecule has 0 unspecified atom stereocenters. The molecule has 0 N–H and O–H groups in total. The summed E-state index contributed by atoms with van der Waals surface area (Å²) in [5.41, 5.74) is 0.696. The van der Waals surface area contributed by atoms with Crippen molar-refractivity contribution in [3.8, 4) is 0 Å². The number of amides is 1. The van der Waals surface area contributed by atoms with E-state index < -0.39 is 17.0 Å². The van der Waals surface area contributed by atoms with Crippen molar-refractivity contribution >= 4 is 23.6 Å². The molecule has 2 aromatic carbocycles. The van der Waals surface area contributed by atoms with Crippen LogP contribution in [-0.4, -0.2) is 48.0 Å². The lowest BCUT2D eigenvalue weighted by molar-refractivity contribution is -0.385. The Morgan fingerprint density at radius 2 is 1.72 bits per heavy atom. The Kier molecular flexibility index (Phi) is 6.70. The predicted molar refractivity (Wildman–Crippen MR) is 105 cm³/mol. The molecule has 0 radical (unpaired) electrons. The van der Waals surface area contributed by atoms with Gasteiger partial charge in [-0.2, -0.15) is 0 Å². The summed E-state index contributed by atoms with van der Waals surface area (Å²) in [6.45, 7) is 1.70. The van der Waals surface area contributed by atoms with E-state index in [9.17, 15) is 19.7 Å². The maximum absolute atomic E-state index is 12.9. The van der Waals surface area contributed by atoms with E-state index in [0.29, 0.717) is 31.9 Å². The van der Waals surface area contributed by atoms with Crippen molar-refractivity contribution in [2.45, 2.75) is 6.10 Å². The summed E-state index contributed by atoms with van der Waals surface area (Å²) in [5.74, 6) is -1.09. The summed E-state index contributed by atoms with van der Waals surface area (Å²) in [5, 5.41) is 11.1. The molecule has 1 amide bonds. The molecule has 1 atom stereocenters. The second-order valence-corrected chi connectivity index (χ2v) is 6.31. The number of nitro benzene ring substituents is 1. The van der Waals surface area contributed by atoms with Crippen LogP contribution in [-0.2, 0) is 19.1 Å². The molecular formula is C21H20N2O6. The van der Waals surface area contributed by atoms with Crippen molar-refractivity contribution < 1.29 is 24.0 Å². The first kappa shape index (κ1) is 20.2. The molecule has 3 rings (SSSR count). The molecule has 8 heteroatoms. The average molecular weight is 396 g/mol. The molecule has 1 heterocycles. The third kappa shape index (κ3) is 5.26. The van der Waals surface area contributed by atoms with Gasteiger partial charge in [0.25, 0.3) is 11.6 Å². The molecule has 29 heavy (non-hydrogen) atoms. The lowest BCUT2D eigenvalue weighted by Gasteiger charge is -2.30. The number of rotatable bonds is 6. The lowest BCUT2D eigenvalue weighted by Crippen LogP contribution is -2.44. The van der Waals surface area contributed by atoms with Crippen LogP contribution in [0.2, 0.25) is 0 Å². The lowest BCUT2D eigenvalue weighted by atomic mass is 10.1. The van der Waals surface area contributed by atoms with Crippen molar-refractivity contribution in [2.75, 3.05) is 26.3 Å². The molecule has 2 aromatic rings. The van der Waals surface area contributed by atoms with Crippen molar-refractivity contribution in [1.29, 1.82) is 0 Å². The normalized spacial score (nSPS) is 15.1. The monoisotopic (exact) mass is 396 g/mol. The summed E-state index contributed by atoms with van der Waals surface area (Å²) >= 11 is 0. The highest BCUT2D eigenvalue weighted by Gasteiger charge is 2.30. The number of carbonyl (C=O) groups excluding carboxylic acids is 2. The van der Waals surface area contributed by atoms with Crippen LogP contribution >= 0.6 is 0 Å². The van der Waals surface area contributed by atoms with Gasteiger partial charge >= 0.3 is 5.97 Å². The molecule has 150 valence electrons. The maximum Gasteiger partial charge on any atom is 0.331 e. The van der Waals surface area contributed by atoms with E-state index in [0.717, 1.165) is 6.08 Å². The molecule has 8 nitrogen and oxygen atoms in total. The Morgan fingerprint density at radius 1 is 1.07 bits per heavy atom. The number of carbonyl (C=O) groups is 2. The van der Waals surface area contributed by atoms with Gasteiger partial charge in [-0.25, -0.2) is 4.79 Å². The number of nitrogens with zero attached hydrogens (tertiary/aromatic N) is 2. The first-order valence-electron chi connectivity index (χ1n) is 9.10. The van der Waals surface area contributed by atoms with E-state index in [1.165, 1.54) is 18.2 Å². The fourth-order valence-corrected chi connectivity index (χ4v) is 2.95. The Balaban J connectivity index is 1.78. The highest BCUT2D eigenvalue weighted by Crippen LogP contribution is 2.23. The number of nitro groups is 1. The number of esters is 1. The first-order chi connectivity index (χ1) is 14.1. The summed E-state index contributed by atoms with van der Waals surface area (Å²) in [6.07, 6.45) is 1.30. The summed E-state index contributed by atoms with van der Waals surface area (Å²) in [6, 6.07) is 14.8. The predicted octanol–water partition coefficient (Wildman–Crippen LogP) is 2.75. The molecule has 0 spiro atoms. The van der Waals surface area contributed by atoms with Crippen LogP contribution in [0.4, 0.5) is 5.69 Å². The Labute approximate surface area is 167 Å². The van der Waals surface area contributed by atoms with Crippen LogP contribution in [0.5, 0.6) is 0 Å². The zero-order valence-corrected chi connectivity index (χ0v) is 15.6. The van der Waals surface area contributed by atoms with Gasteiger partial charge in [0.15, 0.2) is 0 Å². The zero-order valence-electron chi connectivity index (χ0n) is 15.6. The molecule has 0 aromatic heterocycles. The molecule has 0 aliphatic carbocycles. The van der Waals surface area contributed by atoms with E-state index in [1.807, 2.05) is 0 Å². The SMILES string of the molecule is O=C(/C=C/c1ccccc1[N+](=O)[O-])O[C@H](C(=O)N1CCOCC1)c1ccccc1. The average Bonchev–Trinajstić information content (AvgIpc) is 2.77. The zero-order chi connectivity index (χ0) is 20.6. The summed E-state index contributed by atoms with van der Waals surface area (Å²) in [7, 11) is 0. The van der Waals surface area contributed by atoms with Crippen LogP contribution < -0.4 is 0 Å². The Bertz CT molecular complexity index is 906. The number of morpholine rings is 1. The largest absolute Gasteiger partial charge is 0.444 e. The second-order valence-electron chi connectivity index (χ2n) is 6.31. The topological polar surface area (TPSA) is 99.0 Å². The fraction of sp³-hybridized carbons (Fsp3) is 0.238. The van der Waals surface area contributed by atoms with Crippen molar-refractivity contribution in [3.05, 3.63) is 81.9 Å². The van der Waals surface area contributed by atoms with Gasteiger partial charge in [0, 0.05) is 30.8 Å². The first-order valence-corrected chi connectivity index (χ1v) is 9.10. The van der Waals surface area contributed by atoms with Gasteiger partial charge in [0.05, 0.1) is 23.7 Å². The second kappa shape index (κ2) is 9.61. The molecule has 0 saturated carbocycles. The van der Waals surface area contributed by atoms with Gasteiger partial charge in [0.2, 0.25) is 6.10 Å². The van der Waals surface area contributed by atoms with E-state index >= 15 is 0 Å². The smallest absolute Gasteiger partial charge is 0.331 e. The quantitative estimate of drug-likeness (QED) is 0.322. The van der Waals surface area contributed by atoms with E-state index in [2.05, 4.69) is 0 Å². The van der Waals surface area contributed by atoms with E-state index in [-0.39, 0.29) is 17.2 Å². The number of para-hydroxylation sites is 1. The van der Waals surface area contributed by atoms with Gasteiger partial charge in [-0.05, 0) is 12.1 Å². The molecule has 1 aliphatic heterocycles. The summed E-state index contributed by atoms with van der Waals surface area (Å²) in [4.78, 5) is 37.5. The van der Waals surface area contributed by atoms with Crippen molar-refractivity contribution in [1.82, 2.24) is 4.90 Å². The maximum atomic E-state index is 12.9. The van der Waals surface area contributed by atoms with E-state index in [1.54, 1.807) is 47.4 Å². The number of hydrogen-bond donors (Lipinski definition) is 0. The molecule has 0 bridgehead atoms. The number of benzene rings is 2. The van der Waals surface area contributed by atoms with Crippen LogP contribution in [0, 0.1) is 10.1 Å².